The highest BCUT2D eigenvalue weighted by Gasteiger charge is 2.32. The van der Waals surface area contributed by atoms with Gasteiger partial charge in [0, 0.05) is 5.38 Å². The second-order valence-electron chi connectivity index (χ2n) is 4.32. The molecule has 108 valence electrons. The predicted octanol–water partition coefficient (Wildman–Crippen LogP) is 0.1000. The molecule has 1 aliphatic heterocycles. The third-order valence-electron chi connectivity index (χ3n) is 2.84. The number of piperazine rings is 1. The number of hydrogen-bond acceptors (Lipinski definition) is 7. The molecule has 1 aromatic heterocycles. The Balaban J connectivity index is 2.09. The van der Waals surface area contributed by atoms with E-state index in [9.17, 15) is 14.4 Å². The topological polar surface area (TPSA) is 88.6 Å². The van der Waals surface area contributed by atoms with E-state index in [2.05, 4.69) is 10.3 Å². The van der Waals surface area contributed by atoms with Gasteiger partial charge in [0.25, 0.3) is 0 Å². The Morgan fingerprint density at radius 2 is 2.35 bits per heavy atom. The first-order valence-electron chi connectivity index (χ1n) is 6.21. The van der Waals surface area contributed by atoms with Crippen molar-refractivity contribution in [2.24, 2.45) is 0 Å². The van der Waals surface area contributed by atoms with Crippen LogP contribution in [0.1, 0.15) is 19.5 Å². The highest BCUT2D eigenvalue weighted by atomic mass is 32.1. The van der Waals surface area contributed by atoms with Gasteiger partial charge in [0.05, 0.1) is 18.7 Å². The summed E-state index contributed by atoms with van der Waals surface area (Å²) in [4.78, 5) is 40.3. The molecule has 0 saturated carbocycles. The maximum Gasteiger partial charge on any atom is 0.311 e. The minimum atomic E-state index is -0.464. The number of aromatic nitrogens is 1. The molecular formula is C12H15N3O4S. The van der Waals surface area contributed by atoms with E-state index < -0.39 is 6.04 Å². The molecular weight excluding hydrogens is 282 g/mol. The molecule has 0 bridgehead atoms. The fourth-order valence-electron chi connectivity index (χ4n) is 1.82. The number of ether oxygens (including phenoxy) is 1. The Labute approximate surface area is 119 Å². The van der Waals surface area contributed by atoms with E-state index in [-0.39, 0.29) is 30.7 Å². The Morgan fingerprint density at radius 1 is 1.60 bits per heavy atom. The number of hydrogen-bond donors (Lipinski definition) is 1. The van der Waals surface area contributed by atoms with E-state index >= 15 is 0 Å². The van der Waals surface area contributed by atoms with Crippen LogP contribution in [0.25, 0.3) is 0 Å². The zero-order chi connectivity index (χ0) is 14.7. The van der Waals surface area contributed by atoms with Crippen molar-refractivity contribution in [3.8, 4) is 0 Å². The van der Waals surface area contributed by atoms with Gasteiger partial charge in [-0.05, 0) is 13.8 Å². The van der Waals surface area contributed by atoms with Gasteiger partial charge in [-0.25, -0.2) is 4.98 Å². The van der Waals surface area contributed by atoms with Gasteiger partial charge in [-0.3, -0.25) is 19.7 Å². The second kappa shape index (κ2) is 6.00. The fraction of sp³-hybridized carbons (Fsp3) is 0.500. The van der Waals surface area contributed by atoms with Gasteiger partial charge in [-0.15, -0.1) is 11.3 Å². The zero-order valence-corrected chi connectivity index (χ0v) is 12.0. The lowest BCUT2D eigenvalue weighted by molar-refractivity contribution is -0.142. The summed E-state index contributed by atoms with van der Waals surface area (Å²) in [6.45, 7) is 3.85. The molecule has 1 N–H and O–H groups in total. The molecule has 2 rings (SSSR count). The number of esters is 1. The molecule has 1 atom stereocenters. The zero-order valence-electron chi connectivity index (χ0n) is 11.2. The minimum absolute atomic E-state index is 0.0826. The molecule has 2 heterocycles. The Hall–Kier alpha value is -1.96. The molecule has 0 aliphatic carbocycles. The van der Waals surface area contributed by atoms with Crippen molar-refractivity contribution in [3.63, 3.8) is 0 Å². The quantitative estimate of drug-likeness (QED) is 0.626. The van der Waals surface area contributed by atoms with Crippen LogP contribution in [-0.4, -0.2) is 42.0 Å². The van der Waals surface area contributed by atoms with Crippen LogP contribution in [0.3, 0.4) is 0 Å². The maximum absolute atomic E-state index is 11.6. The van der Waals surface area contributed by atoms with Gasteiger partial charge < -0.3 is 9.64 Å². The SMILES string of the molecule is CCOC(=O)Cc1csc(N2CC(=O)NC(=O)C2C)n1. The Bertz CT molecular complexity index is 543. The summed E-state index contributed by atoms with van der Waals surface area (Å²) in [5.41, 5.74) is 0.578. The molecule has 1 unspecified atom stereocenters. The van der Waals surface area contributed by atoms with Crippen molar-refractivity contribution in [3.05, 3.63) is 11.1 Å². The summed E-state index contributed by atoms with van der Waals surface area (Å²) in [5, 5.41) is 4.56. The van der Waals surface area contributed by atoms with Gasteiger partial charge in [0.1, 0.15) is 12.6 Å². The van der Waals surface area contributed by atoms with Crippen molar-refractivity contribution in [2.45, 2.75) is 26.3 Å². The van der Waals surface area contributed by atoms with E-state index in [4.69, 9.17) is 4.74 Å². The van der Waals surface area contributed by atoms with Crippen molar-refractivity contribution in [2.75, 3.05) is 18.1 Å². The number of amides is 2. The number of nitrogens with zero attached hydrogens (tertiary/aromatic N) is 2. The van der Waals surface area contributed by atoms with E-state index in [1.54, 1.807) is 24.1 Å². The summed E-state index contributed by atoms with van der Waals surface area (Å²) in [5.74, 6) is -1.04. The largest absolute Gasteiger partial charge is 0.466 e. The third-order valence-corrected chi connectivity index (χ3v) is 3.77. The summed E-state index contributed by atoms with van der Waals surface area (Å²) in [7, 11) is 0. The third kappa shape index (κ3) is 3.13. The van der Waals surface area contributed by atoms with Crippen LogP contribution in [0.4, 0.5) is 5.13 Å². The van der Waals surface area contributed by atoms with Crippen LogP contribution in [-0.2, 0) is 25.5 Å². The van der Waals surface area contributed by atoms with Crippen LogP contribution >= 0.6 is 11.3 Å². The molecule has 7 nitrogen and oxygen atoms in total. The lowest BCUT2D eigenvalue weighted by Gasteiger charge is -2.31. The van der Waals surface area contributed by atoms with Crippen molar-refractivity contribution >= 4 is 34.3 Å². The molecule has 2 amide bonds. The minimum Gasteiger partial charge on any atom is -0.466 e. The van der Waals surface area contributed by atoms with Crippen molar-refractivity contribution in [1.29, 1.82) is 0 Å². The maximum atomic E-state index is 11.6. The fourth-order valence-corrected chi connectivity index (χ4v) is 2.72. The second-order valence-corrected chi connectivity index (χ2v) is 5.16. The van der Waals surface area contributed by atoms with E-state index in [0.717, 1.165) is 0 Å². The first-order valence-corrected chi connectivity index (χ1v) is 7.09. The average Bonchev–Trinajstić information content (AvgIpc) is 2.82. The summed E-state index contributed by atoms with van der Waals surface area (Å²) < 4.78 is 4.85. The Kier molecular flexibility index (Phi) is 4.33. The van der Waals surface area contributed by atoms with Gasteiger partial charge in [0.2, 0.25) is 11.8 Å². The van der Waals surface area contributed by atoms with Gasteiger partial charge in [0.15, 0.2) is 5.13 Å². The lowest BCUT2D eigenvalue weighted by atomic mass is 10.2. The van der Waals surface area contributed by atoms with Crippen LogP contribution in [0.2, 0.25) is 0 Å². The number of imide groups is 1. The molecule has 8 heteroatoms. The standard InChI is InChI=1S/C12H15N3O4S/c1-3-19-10(17)4-8-6-20-12(13-8)15-5-9(16)14-11(18)7(15)2/h6-7H,3-5H2,1-2H3,(H,14,16,18). The first kappa shape index (κ1) is 14.4. The lowest BCUT2D eigenvalue weighted by Crippen LogP contribution is -2.57. The highest BCUT2D eigenvalue weighted by molar-refractivity contribution is 7.13. The molecule has 1 saturated heterocycles. The number of rotatable bonds is 4. The summed E-state index contributed by atoms with van der Waals surface area (Å²) >= 11 is 1.30. The number of nitrogens with one attached hydrogen (secondary N) is 1. The number of carbonyl (C=O) groups is 3. The normalized spacial score (nSPS) is 18.9. The van der Waals surface area contributed by atoms with E-state index in [1.165, 1.54) is 11.3 Å². The number of anilines is 1. The first-order chi connectivity index (χ1) is 9.51. The molecule has 20 heavy (non-hydrogen) atoms. The average molecular weight is 297 g/mol. The summed E-state index contributed by atoms with van der Waals surface area (Å²) in [6, 6.07) is -0.464. The molecule has 1 aromatic rings. The molecule has 1 fully saturated rings. The van der Waals surface area contributed by atoms with Gasteiger partial charge in [-0.2, -0.15) is 0 Å². The molecule has 0 aromatic carbocycles. The highest BCUT2D eigenvalue weighted by Crippen LogP contribution is 2.24. The van der Waals surface area contributed by atoms with Crippen LogP contribution in [0.5, 0.6) is 0 Å². The molecule has 1 aliphatic rings. The van der Waals surface area contributed by atoms with E-state index in [0.29, 0.717) is 17.4 Å². The van der Waals surface area contributed by atoms with Gasteiger partial charge in [-0.1, -0.05) is 0 Å². The molecule has 0 radical (unpaired) electrons. The summed E-state index contributed by atoms with van der Waals surface area (Å²) in [6.07, 6.45) is 0.0900. The monoisotopic (exact) mass is 297 g/mol. The smallest absolute Gasteiger partial charge is 0.311 e. The predicted molar refractivity (Wildman–Crippen MR) is 72.4 cm³/mol. The van der Waals surface area contributed by atoms with Crippen LogP contribution in [0.15, 0.2) is 5.38 Å². The van der Waals surface area contributed by atoms with Crippen molar-refractivity contribution < 1.29 is 19.1 Å². The van der Waals surface area contributed by atoms with Crippen molar-refractivity contribution in [1.82, 2.24) is 10.3 Å². The van der Waals surface area contributed by atoms with Crippen LogP contribution in [0, 0.1) is 0 Å². The van der Waals surface area contributed by atoms with Gasteiger partial charge >= 0.3 is 5.97 Å². The number of thiazole rings is 1. The number of carbonyl (C=O) groups excluding carboxylic acids is 3. The van der Waals surface area contributed by atoms with Crippen LogP contribution < -0.4 is 10.2 Å². The molecule has 0 spiro atoms. The van der Waals surface area contributed by atoms with E-state index in [1.807, 2.05) is 0 Å². The Morgan fingerprint density at radius 3 is 3.05 bits per heavy atom.